The highest BCUT2D eigenvalue weighted by atomic mass is 16.7. The summed E-state index contributed by atoms with van der Waals surface area (Å²) < 4.78 is 33.7. The Bertz CT molecular complexity index is 1500. The van der Waals surface area contributed by atoms with Crippen molar-refractivity contribution in [3.63, 3.8) is 0 Å². The predicted molar refractivity (Wildman–Crippen MR) is 298 cm³/mol. The molecule has 7 N–H and O–H groups in total. The fourth-order valence-electron chi connectivity index (χ4n) is 9.39. The van der Waals surface area contributed by atoms with Gasteiger partial charge in [0.25, 0.3) is 0 Å². The lowest BCUT2D eigenvalue weighted by molar-refractivity contribution is -0.332. The van der Waals surface area contributed by atoms with Gasteiger partial charge in [-0.2, -0.15) is 0 Å². The third kappa shape index (κ3) is 33.8. The van der Waals surface area contributed by atoms with Gasteiger partial charge in [-0.25, -0.2) is 0 Å². The molecule has 0 aromatic rings. The summed E-state index contributed by atoms with van der Waals surface area (Å²) in [5, 5.41) is 72.3. The molecule has 442 valence electrons. The van der Waals surface area contributed by atoms with Crippen molar-refractivity contribution in [2.24, 2.45) is 0 Å². The second-order valence-corrected chi connectivity index (χ2v) is 21.2. The zero-order valence-corrected chi connectivity index (χ0v) is 47.2. The van der Waals surface area contributed by atoms with Crippen LogP contribution in [0, 0.1) is 0 Å². The number of rotatable bonds is 48. The van der Waals surface area contributed by atoms with Crippen molar-refractivity contribution in [1.29, 1.82) is 0 Å². The van der Waals surface area contributed by atoms with Crippen molar-refractivity contribution >= 4 is 11.9 Å². The van der Waals surface area contributed by atoms with Gasteiger partial charge in [0.05, 0.1) is 19.8 Å². The third-order valence-electron chi connectivity index (χ3n) is 14.3. The molecular formula is C61H108O15. The lowest BCUT2D eigenvalue weighted by Crippen LogP contribution is -2.61. The Morgan fingerprint density at radius 3 is 1.29 bits per heavy atom. The van der Waals surface area contributed by atoms with Gasteiger partial charge in [-0.15, -0.1) is 0 Å². The lowest BCUT2D eigenvalue weighted by Gasteiger charge is -2.42. The van der Waals surface area contributed by atoms with E-state index in [4.69, 9.17) is 28.4 Å². The van der Waals surface area contributed by atoms with Crippen LogP contribution in [0.4, 0.5) is 0 Å². The second-order valence-electron chi connectivity index (χ2n) is 21.2. The molecule has 0 aromatic carbocycles. The number of esters is 2. The molecule has 76 heavy (non-hydrogen) atoms. The van der Waals surface area contributed by atoms with Crippen LogP contribution < -0.4 is 0 Å². The summed E-state index contributed by atoms with van der Waals surface area (Å²) in [5.74, 6) is -0.953. The summed E-state index contributed by atoms with van der Waals surface area (Å²) in [4.78, 5) is 25.9. The van der Waals surface area contributed by atoms with Crippen molar-refractivity contribution in [1.82, 2.24) is 0 Å². The Morgan fingerprint density at radius 2 is 0.816 bits per heavy atom. The molecule has 0 aliphatic carbocycles. The maximum atomic E-state index is 13.1. The number of hydrogen-bond donors (Lipinski definition) is 7. The maximum absolute atomic E-state index is 13.1. The standard InChI is InChI=1S/C61H108O15/c1-3-5-7-9-11-13-15-17-19-21-22-23-24-25-26-28-30-32-34-36-38-40-42-44-53(64)74-49(46-71-52(63)43-41-39-37-35-33-31-29-27-20-18-16-14-12-10-8-6-4-2)47-72-60-59(70)57(68)55(66)51(76-60)48-73-61-58(69)56(67)54(65)50(45-62)75-61/h8,10,14,16,20,27,31,33,49-51,54-62,65-70H,3-7,9,11-13,15,17-19,21-26,28-30,32,34-48H2,1-2H3/b10-8+,16-14+,27-20+,33-31+/t49-,50+,51+,54-,55-,56?,57?,58?,59?,60+,61+/m1/s1. The van der Waals surface area contributed by atoms with E-state index < -0.39 is 99.3 Å². The van der Waals surface area contributed by atoms with Gasteiger partial charge in [-0.05, 0) is 51.4 Å². The number of hydrogen-bond acceptors (Lipinski definition) is 15. The Morgan fingerprint density at radius 1 is 0.421 bits per heavy atom. The highest BCUT2D eigenvalue weighted by Gasteiger charge is 2.47. The number of ether oxygens (including phenoxy) is 6. The van der Waals surface area contributed by atoms with Gasteiger partial charge >= 0.3 is 11.9 Å². The molecule has 2 aliphatic heterocycles. The molecule has 0 amide bonds. The highest BCUT2D eigenvalue weighted by molar-refractivity contribution is 5.70. The number of carbonyl (C=O) groups excluding carboxylic acids is 2. The summed E-state index contributed by atoms with van der Waals surface area (Å²) >= 11 is 0. The van der Waals surface area contributed by atoms with Crippen molar-refractivity contribution < 1.29 is 73.8 Å². The number of allylic oxidation sites excluding steroid dienone is 8. The molecule has 11 atom stereocenters. The van der Waals surface area contributed by atoms with E-state index in [2.05, 4.69) is 62.5 Å². The molecule has 2 rings (SSSR count). The quantitative estimate of drug-likeness (QED) is 0.0171. The van der Waals surface area contributed by atoms with Gasteiger partial charge in [0.15, 0.2) is 18.7 Å². The average molecular weight is 1080 g/mol. The molecular weight excluding hydrogens is 973 g/mol. The minimum absolute atomic E-state index is 0.161. The van der Waals surface area contributed by atoms with E-state index in [1.54, 1.807) is 0 Å². The predicted octanol–water partition coefficient (Wildman–Crippen LogP) is 10.6. The molecule has 4 unspecified atom stereocenters. The van der Waals surface area contributed by atoms with Crippen molar-refractivity contribution in [3.8, 4) is 0 Å². The molecule has 0 bridgehead atoms. The Balaban J connectivity index is 1.74. The zero-order valence-electron chi connectivity index (χ0n) is 47.2. The largest absolute Gasteiger partial charge is 0.462 e. The van der Waals surface area contributed by atoms with Crippen LogP contribution in [0.2, 0.25) is 0 Å². The molecule has 0 spiro atoms. The summed E-state index contributed by atoms with van der Waals surface area (Å²) in [6.07, 6.45) is 38.5. The molecule has 2 saturated heterocycles. The molecule has 0 saturated carbocycles. The maximum Gasteiger partial charge on any atom is 0.306 e. The van der Waals surface area contributed by atoms with E-state index in [9.17, 15) is 45.3 Å². The van der Waals surface area contributed by atoms with E-state index >= 15 is 0 Å². The monoisotopic (exact) mass is 1080 g/mol. The minimum Gasteiger partial charge on any atom is -0.462 e. The molecule has 0 radical (unpaired) electrons. The van der Waals surface area contributed by atoms with Crippen LogP contribution in [0.3, 0.4) is 0 Å². The number of aliphatic hydroxyl groups excluding tert-OH is 7. The van der Waals surface area contributed by atoms with E-state index in [-0.39, 0.29) is 19.4 Å². The van der Waals surface area contributed by atoms with E-state index in [1.807, 2.05) is 0 Å². The topological polar surface area (TPSA) is 231 Å². The van der Waals surface area contributed by atoms with Gasteiger partial charge < -0.3 is 64.2 Å². The molecule has 0 aromatic heterocycles. The fourth-order valence-corrected chi connectivity index (χ4v) is 9.39. The molecule has 2 heterocycles. The SMILES string of the molecule is CCC/C=C/C/C=C/C/C=C/C/C=C/CCCCCC(=O)OC[C@H](CO[C@H]1O[C@@H](CO[C@H]2O[C@@H](CO)[C@@H](O)C(O)C2O)[C@@H](O)C(O)C1O)OC(=O)CCCCCCCCCCCCCCCCCCCCCCCCC. The second kappa shape index (κ2) is 47.3. The van der Waals surface area contributed by atoms with Crippen LogP contribution in [0.1, 0.15) is 232 Å². The van der Waals surface area contributed by atoms with Crippen molar-refractivity contribution in [3.05, 3.63) is 48.6 Å². The first-order valence-electron chi connectivity index (χ1n) is 30.2. The van der Waals surface area contributed by atoms with Crippen LogP contribution >= 0.6 is 0 Å². The van der Waals surface area contributed by atoms with Gasteiger partial charge in [0.2, 0.25) is 0 Å². The van der Waals surface area contributed by atoms with Crippen molar-refractivity contribution in [2.45, 2.75) is 300 Å². The highest BCUT2D eigenvalue weighted by Crippen LogP contribution is 2.27. The zero-order chi connectivity index (χ0) is 55.3. The van der Waals surface area contributed by atoms with Crippen LogP contribution in [-0.4, -0.2) is 142 Å². The Hall–Kier alpha value is -2.54. The smallest absolute Gasteiger partial charge is 0.306 e. The van der Waals surface area contributed by atoms with Crippen LogP contribution in [0.15, 0.2) is 48.6 Å². The summed E-state index contributed by atoms with van der Waals surface area (Å²) in [7, 11) is 0. The van der Waals surface area contributed by atoms with E-state index in [0.29, 0.717) is 12.8 Å². The Labute approximate surface area is 458 Å². The number of unbranched alkanes of at least 4 members (excludes halogenated alkanes) is 26. The van der Waals surface area contributed by atoms with Gasteiger partial charge in [0.1, 0.15) is 55.4 Å². The number of aliphatic hydroxyl groups is 7. The molecule has 2 aliphatic rings. The van der Waals surface area contributed by atoms with Gasteiger partial charge in [-0.3, -0.25) is 9.59 Å². The first-order valence-corrected chi connectivity index (χ1v) is 30.2. The third-order valence-corrected chi connectivity index (χ3v) is 14.3. The van der Waals surface area contributed by atoms with Crippen LogP contribution in [0.5, 0.6) is 0 Å². The van der Waals surface area contributed by atoms with Gasteiger partial charge in [-0.1, -0.05) is 217 Å². The summed E-state index contributed by atoms with van der Waals surface area (Å²) in [6.45, 7) is 2.53. The molecule has 15 nitrogen and oxygen atoms in total. The molecule has 15 heteroatoms. The van der Waals surface area contributed by atoms with Crippen molar-refractivity contribution in [2.75, 3.05) is 26.4 Å². The van der Waals surface area contributed by atoms with E-state index in [1.165, 1.54) is 128 Å². The lowest BCUT2D eigenvalue weighted by atomic mass is 9.98. The average Bonchev–Trinajstić information content (AvgIpc) is 3.42. The molecule has 2 fully saturated rings. The first kappa shape index (κ1) is 69.6. The van der Waals surface area contributed by atoms with E-state index in [0.717, 1.165) is 64.2 Å². The fraction of sp³-hybridized carbons (Fsp3) is 0.836. The summed E-state index contributed by atoms with van der Waals surface area (Å²) in [6, 6.07) is 0. The normalized spacial score (nSPS) is 24.6. The first-order chi connectivity index (χ1) is 37.0. The van der Waals surface area contributed by atoms with Crippen LogP contribution in [-0.2, 0) is 38.0 Å². The van der Waals surface area contributed by atoms with Gasteiger partial charge in [0, 0.05) is 12.8 Å². The summed E-state index contributed by atoms with van der Waals surface area (Å²) in [5.41, 5.74) is 0. The Kier molecular flexibility index (Phi) is 43.3. The number of carbonyl (C=O) groups is 2. The van der Waals surface area contributed by atoms with Crippen LogP contribution in [0.25, 0.3) is 0 Å². The minimum atomic E-state index is -1.77.